The zero-order chi connectivity index (χ0) is 14.4. The summed E-state index contributed by atoms with van der Waals surface area (Å²) in [5.41, 5.74) is 0.851. The zero-order valence-electron chi connectivity index (χ0n) is 11.8. The molecule has 1 aromatic rings. The van der Waals surface area contributed by atoms with E-state index in [0.29, 0.717) is 42.1 Å². The van der Waals surface area contributed by atoms with Crippen molar-refractivity contribution in [2.45, 2.75) is 42.7 Å². The molecule has 1 aliphatic carbocycles. The fourth-order valence-electron chi connectivity index (χ4n) is 3.08. The maximum absolute atomic E-state index is 12.5. The van der Waals surface area contributed by atoms with E-state index < -0.39 is 9.84 Å². The molecule has 1 N–H and O–H groups in total. The van der Waals surface area contributed by atoms with Gasteiger partial charge in [-0.2, -0.15) is 0 Å². The molecule has 114 valence electrons. The van der Waals surface area contributed by atoms with Crippen LogP contribution in [0.2, 0.25) is 0 Å². The summed E-state index contributed by atoms with van der Waals surface area (Å²) >= 11 is 0. The minimum atomic E-state index is -3.24. The molecular formula is C15H19NO4S. The molecule has 1 atom stereocenters. The summed E-state index contributed by atoms with van der Waals surface area (Å²) in [5, 5.41) is 3.57. The first-order chi connectivity index (χ1) is 10.1. The monoisotopic (exact) mass is 309 g/mol. The van der Waals surface area contributed by atoms with Crippen LogP contribution in [0.4, 0.5) is 0 Å². The van der Waals surface area contributed by atoms with Crippen LogP contribution in [-0.2, 0) is 9.84 Å². The Balaban J connectivity index is 1.83. The number of hydrogen-bond acceptors (Lipinski definition) is 5. The molecule has 1 unspecified atom stereocenters. The van der Waals surface area contributed by atoms with Crippen LogP contribution in [0.25, 0.3) is 0 Å². The van der Waals surface area contributed by atoms with Crippen molar-refractivity contribution in [2.24, 2.45) is 0 Å². The second-order valence-corrected chi connectivity index (χ2v) is 8.07. The minimum absolute atomic E-state index is 0.0978. The van der Waals surface area contributed by atoms with Crippen LogP contribution in [-0.4, -0.2) is 33.4 Å². The van der Waals surface area contributed by atoms with Crippen molar-refractivity contribution in [1.82, 2.24) is 5.32 Å². The van der Waals surface area contributed by atoms with E-state index >= 15 is 0 Å². The molecule has 0 radical (unpaired) electrons. The van der Waals surface area contributed by atoms with Crippen molar-refractivity contribution in [1.29, 1.82) is 0 Å². The maximum Gasteiger partial charge on any atom is 0.178 e. The van der Waals surface area contributed by atoms with Crippen LogP contribution < -0.4 is 14.8 Å². The third-order valence-corrected chi connectivity index (χ3v) is 6.16. The Bertz CT molecular complexity index is 666. The van der Waals surface area contributed by atoms with Crippen LogP contribution in [0.3, 0.4) is 0 Å². The first-order valence-electron chi connectivity index (χ1n) is 7.56. The lowest BCUT2D eigenvalue weighted by Gasteiger charge is -2.23. The summed E-state index contributed by atoms with van der Waals surface area (Å²) in [6.07, 6.45) is 3.91. The molecule has 2 heterocycles. The zero-order valence-corrected chi connectivity index (χ0v) is 12.6. The van der Waals surface area contributed by atoms with Gasteiger partial charge in [0.15, 0.2) is 21.3 Å². The predicted molar refractivity (Wildman–Crippen MR) is 77.6 cm³/mol. The second-order valence-electron chi connectivity index (χ2n) is 5.99. The maximum atomic E-state index is 12.5. The minimum Gasteiger partial charge on any atom is -0.486 e. The summed E-state index contributed by atoms with van der Waals surface area (Å²) in [6.45, 7) is 0.981. The third kappa shape index (κ3) is 2.51. The molecule has 21 heavy (non-hydrogen) atoms. The van der Waals surface area contributed by atoms with Gasteiger partial charge in [0.05, 0.1) is 10.6 Å². The quantitative estimate of drug-likeness (QED) is 0.903. The Labute approximate surface area is 124 Å². The molecule has 1 fully saturated rings. The topological polar surface area (TPSA) is 64.6 Å². The molecule has 0 spiro atoms. The Morgan fingerprint density at radius 3 is 2.48 bits per heavy atom. The van der Waals surface area contributed by atoms with Crippen LogP contribution >= 0.6 is 0 Å². The molecule has 0 amide bonds. The van der Waals surface area contributed by atoms with Crippen molar-refractivity contribution in [2.75, 3.05) is 19.0 Å². The fourth-order valence-corrected chi connectivity index (χ4v) is 4.69. The van der Waals surface area contributed by atoms with E-state index in [1.165, 1.54) is 12.8 Å². The van der Waals surface area contributed by atoms with Gasteiger partial charge in [0, 0.05) is 18.2 Å². The van der Waals surface area contributed by atoms with Crippen LogP contribution in [0.5, 0.6) is 11.5 Å². The molecule has 6 heteroatoms. The van der Waals surface area contributed by atoms with E-state index in [0.717, 1.165) is 12.0 Å². The average molecular weight is 309 g/mol. The number of hydrogen-bond donors (Lipinski definition) is 1. The van der Waals surface area contributed by atoms with E-state index in [2.05, 4.69) is 5.32 Å². The van der Waals surface area contributed by atoms with Crippen molar-refractivity contribution in [3.05, 3.63) is 17.7 Å². The highest BCUT2D eigenvalue weighted by Crippen LogP contribution is 2.41. The SMILES string of the molecule is O=S1(=O)CCCC(NC2CC2)c2cc3c(cc21)OCCO3. The molecule has 0 saturated heterocycles. The largest absolute Gasteiger partial charge is 0.486 e. The summed E-state index contributed by atoms with van der Waals surface area (Å²) in [4.78, 5) is 0.419. The first kappa shape index (κ1) is 13.4. The Morgan fingerprint density at radius 2 is 1.76 bits per heavy atom. The molecule has 3 aliphatic rings. The van der Waals surface area contributed by atoms with Gasteiger partial charge in [-0.25, -0.2) is 8.42 Å². The smallest absolute Gasteiger partial charge is 0.178 e. The van der Waals surface area contributed by atoms with Gasteiger partial charge in [-0.3, -0.25) is 0 Å². The molecule has 0 aromatic heterocycles. The van der Waals surface area contributed by atoms with Crippen molar-refractivity contribution in [3.63, 3.8) is 0 Å². The third-order valence-electron chi connectivity index (χ3n) is 4.31. The second kappa shape index (κ2) is 4.88. The van der Waals surface area contributed by atoms with Gasteiger partial charge in [-0.05, 0) is 37.3 Å². The van der Waals surface area contributed by atoms with Crippen molar-refractivity contribution < 1.29 is 17.9 Å². The van der Waals surface area contributed by atoms with Crippen molar-refractivity contribution >= 4 is 9.84 Å². The number of nitrogens with one attached hydrogen (secondary N) is 1. The highest BCUT2D eigenvalue weighted by molar-refractivity contribution is 7.91. The summed E-state index contributed by atoms with van der Waals surface area (Å²) < 4.78 is 36.2. The van der Waals surface area contributed by atoms with Crippen LogP contribution in [0.1, 0.15) is 37.3 Å². The number of fused-ring (bicyclic) bond motifs is 2. The van der Waals surface area contributed by atoms with E-state index in [9.17, 15) is 8.42 Å². The molecule has 1 aromatic carbocycles. The van der Waals surface area contributed by atoms with E-state index in [1.807, 2.05) is 6.07 Å². The molecule has 1 saturated carbocycles. The summed E-state index contributed by atoms with van der Waals surface area (Å²) in [7, 11) is -3.24. The van der Waals surface area contributed by atoms with Crippen LogP contribution in [0, 0.1) is 0 Å². The number of benzene rings is 1. The van der Waals surface area contributed by atoms with E-state index in [4.69, 9.17) is 9.47 Å². The first-order valence-corrected chi connectivity index (χ1v) is 9.21. The summed E-state index contributed by atoms with van der Waals surface area (Å²) in [6, 6.07) is 4.16. The van der Waals surface area contributed by atoms with Gasteiger partial charge in [0.25, 0.3) is 0 Å². The summed E-state index contributed by atoms with van der Waals surface area (Å²) in [5.74, 6) is 1.43. The van der Waals surface area contributed by atoms with Gasteiger partial charge in [0.1, 0.15) is 13.2 Å². The Morgan fingerprint density at radius 1 is 1.05 bits per heavy atom. The molecular weight excluding hydrogens is 290 g/mol. The van der Waals surface area contributed by atoms with Gasteiger partial charge in [-0.15, -0.1) is 0 Å². The lowest BCUT2D eigenvalue weighted by molar-refractivity contribution is 0.170. The van der Waals surface area contributed by atoms with Gasteiger partial charge < -0.3 is 14.8 Å². The highest BCUT2D eigenvalue weighted by atomic mass is 32.2. The molecule has 5 nitrogen and oxygen atoms in total. The van der Waals surface area contributed by atoms with Crippen LogP contribution in [0.15, 0.2) is 17.0 Å². The fraction of sp³-hybridized carbons (Fsp3) is 0.600. The Hall–Kier alpha value is -1.27. The predicted octanol–water partition coefficient (Wildman–Crippen LogP) is 1.82. The normalized spacial score (nSPS) is 26.8. The number of rotatable bonds is 2. The Kier molecular flexibility index (Phi) is 3.11. The van der Waals surface area contributed by atoms with E-state index in [1.54, 1.807) is 6.07 Å². The van der Waals surface area contributed by atoms with Gasteiger partial charge in [-0.1, -0.05) is 0 Å². The van der Waals surface area contributed by atoms with Gasteiger partial charge in [0.2, 0.25) is 0 Å². The molecule has 2 aliphatic heterocycles. The number of sulfone groups is 1. The van der Waals surface area contributed by atoms with Crippen molar-refractivity contribution in [3.8, 4) is 11.5 Å². The standard InChI is InChI=1S/C15H19NO4S/c17-21(18)7-1-2-12(16-10-3-4-10)11-8-13-14(9-15(11)21)20-6-5-19-13/h8-10,12,16H,1-7H2. The van der Waals surface area contributed by atoms with E-state index in [-0.39, 0.29) is 11.8 Å². The molecule has 4 rings (SSSR count). The van der Waals surface area contributed by atoms with Gasteiger partial charge >= 0.3 is 0 Å². The average Bonchev–Trinajstić information content (AvgIpc) is 3.29. The molecule has 0 bridgehead atoms. The lowest BCUT2D eigenvalue weighted by atomic mass is 10.0. The highest BCUT2D eigenvalue weighted by Gasteiger charge is 2.33. The number of ether oxygens (including phenoxy) is 2. The lowest BCUT2D eigenvalue weighted by Crippen LogP contribution is -2.24.